The van der Waals surface area contributed by atoms with Crippen LogP contribution in [0.2, 0.25) is 10.0 Å². The van der Waals surface area contributed by atoms with Crippen LogP contribution in [0.1, 0.15) is 10.4 Å². The number of alkyl halides is 9. The summed E-state index contributed by atoms with van der Waals surface area (Å²) >= 11 is 12.0. The smallest absolute Gasteiger partial charge is 0.460 e. The third-order valence-electron chi connectivity index (χ3n) is 4.83. The van der Waals surface area contributed by atoms with Gasteiger partial charge in [0.25, 0.3) is 5.91 Å². The number of pyridine rings is 1. The molecule has 37 heavy (non-hydrogen) atoms. The summed E-state index contributed by atoms with van der Waals surface area (Å²) in [5.41, 5.74) is -0.176. The van der Waals surface area contributed by atoms with Gasteiger partial charge in [0.2, 0.25) is 5.95 Å². The average Bonchev–Trinajstić information content (AvgIpc) is 3.19. The Morgan fingerprint density at radius 2 is 1.59 bits per heavy atom. The Morgan fingerprint density at radius 3 is 2.14 bits per heavy atom. The summed E-state index contributed by atoms with van der Waals surface area (Å²) in [5, 5.41) is 4.19. The topological polar surface area (TPSA) is 91.9 Å². The molecule has 3 rings (SSSR count). The number of imidazole rings is 1. The molecule has 0 spiro atoms. The SMILES string of the molecule is COc1cc2[nH]c(Nc3c(Cl)cncc3Cl)nc2cc1C(=O)NCC(F)(F)C(F)(F)C(F)(F)C(F)(F)F. The van der Waals surface area contributed by atoms with Crippen LogP contribution in [0.15, 0.2) is 24.5 Å². The first-order chi connectivity index (χ1) is 16.9. The van der Waals surface area contributed by atoms with Crippen molar-refractivity contribution in [3.8, 4) is 5.75 Å². The van der Waals surface area contributed by atoms with Crippen molar-refractivity contribution in [2.45, 2.75) is 23.9 Å². The van der Waals surface area contributed by atoms with E-state index in [9.17, 15) is 44.3 Å². The molecular formula is C19H12Cl2F9N5O2. The van der Waals surface area contributed by atoms with Crippen molar-refractivity contribution >= 4 is 51.8 Å². The van der Waals surface area contributed by atoms with Crippen molar-refractivity contribution in [3.05, 3.63) is 40.1 Å². The fourth-order valence-electron chi connectivity index (χ4n) is 2.90. The molecule has 0 saturated carbocycles. The number of aromatic nitrogens is 3. The Hall–Kier alpha value is -3.14. The molecular weight excluding hydrogens is 572 g/mol. The molecule has 2 aromatic heterocycles. The monoisotopic (exact) mass is 583 g/mol. The summed E-state index contributed by atoms with van der Waals surface area (Å²) < 4.78 is 122. The average molecular weight is 584 g/mol. The first-order valence-corrected chi connectivity index (χ1v) is 10.3. The summed E-state index contributed by atoms with van der Waals surface area (Å²) in [7, 11) is 1.05. The molecule has 1 amide bonds. The summed E-state index contributed by atoms with van der Waals surface area (Å²) in [4.78, 5) is 23.0. The highest BCUT2D eigenvalue weighted by atomic mass is 35.5. The minimum Gasteiger partial charge on any atom is -0.496 e. The number of amides is 1. The zero-order valence-corrected chi connectivity index (χ0v) is 19.4. The van der Waals surface area contributed by atoms with Crippen LogP contribution in [0, 0.1) is 0 Å². The molecule has 2 heterocycles. The van der Waals surface area contributed by atoms with Gasteiger partial charge >= 0.3 is 23.9 Å². The van der Waals surface area contributed by atoms with Gasteiger partial charge in [-0.15, -0.1) is 0 Å². The highest BCUT2D eigenvalue weighted by molar-refractivity contribution is 6.39. The number of rotatable bonds is 8. The van der Waals surface area contributed by atoms with E-state index in [2.05, 4.69) is 20.3 Å². The van der Waals surface area contributed by atoms with E-state index in [1.165, 1.54) is 17.7 Å². The maximum Gasteiger partial charge on any atom is 0.460 e. The molecule has 0 saturated heterocycles. The highest BCUT2D eigenvalue weighted by Crippen LogP contribution is 2.52. The Balaban J connectivity index is 1.87. The van der Waals surface area contributed by atoms with E-state index >= 15 is 0 Å². The van der Waals surface area contributed by atoms with Gasteiger partial charge in [0.05, 0.1) is 46.0 Å². The van der Waals surface area contributed by atoms with E-state index < -0.39 is 42.0 Å². The Morgan fingerprint density at radius 1 is 1.00 bits per heavy atom. The molecule has 7 nitrogen and oxygen atoms in total. The molecule has 0 bridgehead atoms. The second-order valence-corrected chi connectivity index (χ2v) is 8.11. The number of halogens is 11. The summed E-state index contributed by atoms with van der Waals surface area (Å²) in [6.07, 6.45) is -4.43. The van der Waals surface area contributed by atoms with Gasteiger partial charge < -0.3 is 20.4 Å². The number of anilines is 2. The van der Waals surface area contributed by atoms with Gasteiger partial charge in [0.1, 0.15) is 5.75 Å². The van der Waals surface area contributed by atoms with Gasteiger partial charge in [0, 0.05) is 18.5 Å². The van der Waals surface area contributed by atoms with E-state index in [4.69, 9.17) is 27.9 Å². The number of carbonyl (C=O) groups is 1. The van der Waals surface area contributed by atoms with Crippen LogP contribution in [0.5, 0.6) is 5.75 Å². The van der Waals surface area contributed by atoms with E-state index in [0.29, 0.717) is 0 Å². The molecule has 18 heteroatoms. The Kier molecular flexibility index (Phi) is 7.40. The largest absolute Gasteiger partial charge is 0.496 e. The number of nitrogens with zero attached hydrogens (tertiary/aromatic N) is 2. The summed E-state index contributed by atoms with van der Waals surface area (Å²) in [5.74, 6) is -21.8. The van der Waals surface area contributed by atoms with Crippen molar-refractivity contribution in [1.82, 2.24) is 20.3 Å². The highest BCUT2D eigenvalue weighted by Gasteiger charge is 2.81. The molecule has 0 aliphatic rings. The second-order valence-electron chi connectivity index (χ2n) is 7.29. The first-order valence-electron chi connectivity index (χ1n) is 9.55. The minimum atomic E-state index is -7.08. The zero-order chi connectivity index (χ0) is 28.0. The quantitative estimate of drug-likeness (QED) is 0.274. The zero-order valence-electron chi connectivity index (χ0n) is 17.9. The number of hydrogen-bond acceptors (Lipinski definition) is 5. The maximum atomic E-state index is 13.8. The molecule has 0 atom stereocenters. The first kappa shape index (κ1) is 28.4. The van der Waals surface area contributed by atoms with Crippen molar-refractivity contribution < 1.29 is 49.0 Å². The number of H-pyrrole nitrogens is 1. The fourth-order valence-corrected chi connectivity index (χ4v) is 3.36. The third-order valence-corrected chi connectivity index (χ3v) is 5.40. The van der Waals surface area contributed by atoms with Crippen LogP contribution in [0.25, 0.3) is 11.0 Å². The number of carbonyl (C=O) groups excluding carboxylic acids is 1. The number of nitrogens with one attached hydrogen (secondary N) is 3. The molecule has 202 valence electrons. The van der Waals surface area contributed by atoms with Gasteiger partial charge in [-0.25, -0.2) is 4.98 Å². The molecule has 0 aliphatic heterocycles. The lowest BCUT2D eigenvalue weighted by Gasteiger charge is -2.33. The van der Waals surface area contributed by atoms with Crippen molar-refractivity contribution in [1.29, 1.82) is 0 Å². The standard InChI is InChI=1S/C19H12Cl2F9N5O2/c1-37-12-3-11-10(33-15(34-11)35-13-8(20)4-31-5-9(13)21)2-7(12)14(36)32-6-16(22,23)17(24,25)18(26,27)19(28,29)30/h2-5H,6H2,1H3,(H,32,36)(H2,31,33,34,35). The predicted molar refractivity (Wildman–Crippen MR) is 113 cm³/mol. The number of methoxy groups -OCH3 is 1. The lowest BCUT2D eigenvalue weighted by Crippen LogP contribution is -2.63. The van der Waals surface area contributed by atoms with E-state index in [1.807, 2.05) is 0 Å². The molecule has 3 N–H and O–H groups in total. The number of benzene rings is 1. The molecule has 3 aromatic rings. The van der Waals surface area contributed by atoms with Gasteiger partial charge in [-0.2, -0.15) is 39.5 Å². The number of ether oxygens (including phenoxy) is 1. The van der Waals surface area contributed by atoms with Crippen LogP contribution < -0.4 is 15.4 Å². The van der Waals surface area contributed by atoms with Gasteiger partial charge in [0.15, 0.2) is 0 Å². The van der Waals surface area contributed by atoms with Crippen molar-refractivity contribution in [3.63, 3.8) is 0 Å². The van der Waals surface area contributed by atoms with E-state index in [-0.39, 0.29) is 38.5 Å². The van der Waals surface area contributed by atoms with Crippen LogP contribution in [-0.2, 0) is 0 Å². The maximum absolute atomic E-state index is 13.8. The summed E-state index contributed by atoms with van der Waals surface area (Å²) in [6, 6.07) is 2.12. The minimum absolute atomic E-state index is 0.00422. The fraction of sp³-hybridized carbons (Fsp3) is 0.316. The normalized spacial score (nSPS) is 13.1. The van der Waals surface area contributed by atoms with E-state index in [0.717, 1.165) is 19.2 Å². The third kappa shape index (κ3) is 5.16. The number of hydrogen-bond donors (Lipinski definition) is 3. The summed E-state index contributed by atoms with van der Waals surface area (Å²) in [6.45, 7) is -2.56. The van der Waals surface area contributed by atoms with Crippen molar-refractivity contribution in [2.24, 2.45) is 0 Å². The number of fused-ring (bicyclic) bond motifs is 1. The molecule has 0 radical (unpaired) electrons. The lowest BCUT2D eigenvalue weighted by molar-refractivity contribution is -0.394. The van der Waals surface area contributed by atoms with Gasteiger partial charge in [-0.1, -0.05) is 23.2 Å². The van der Waals surface area contributed by atoms with Crippen LogP contribution >= 0.6 is 23.2 Å². The van der Waals surface area contributed by atoms with Crippen LogP contribution in [0.3, 0.4) is 0 Å². The van der Waals surface area contributed by atoms with Crippen LogP contribution in [0.4, 0.5) is 51.1 Å². The lowest BCUT2D eigenvalue weighted by atomic mass is 10.0. The molecule has 1 aromatic carbocycles. The Bertz CT molecular complexity index is 1310. The molecule has 0 aliphatic carbocycles. The van der Waals surface area contributed by atoms with Gasteiger partial charge in [-0.05, 0) is 6.07 Å². The van der Waals surface area contributed by atoms with Crippen molar-refractivity contribution in [2.75, 3.05) is 19.0 Å². The molecule has 0 unspecified atom stereocenters. The predicted octanol–water partition coefficient (Wildman–Crippen LogP) is 6.21. The number of aromatic amines is 1. The van der Waals surface area contributed by atoms with Crippen LogP contribution in [-0.4, -0.2) is 58.5 Å². The molecule has 0 fully saturated rings. The second kappa shape index (κ2) is 9.63. The van der Waals surface area contributed by atoms with E-state index in [1.54, 1.807) is 0 Å². The Labute approximate surface area is 210 Å². The van der Waals surface area contributed by atoms with Gasteiger partial charge in [-0.3, -0.25) is 9.78 Å².